The second kappa shape index (κ2) is 6.05. The fourth-order valence-electron chi connectivity index (χ4n) is 2.09. The Morgan fingerprint density at radius 3 is 3.00 bits per heavy atom. The summed E-state index contributed by atoms with van der Waals surface area (Å²) in [7, 11) is 1.70. The first-order chi connectivity index (χ1) is 9.06. The summed E-state index contributed by atoms with van der Waals surface area (Å²) in [6.45, 7) is 1.95. The van der Waals surface area contributed by atoms with Gasteiger partial charge in [-0.1, -0.05) is 23.8 Å². The molecule has 1 aromatic rings. The second-order valence-electron chi connectivity index (χ2n) is 4.60. The van der Waals surface area contributed by atoms with E-state index in [1.165, 1.54) is 0 Å². The Hall–Kier alpha value is -0.880. The maximum atomic E-state index is 5.96. The summed E-state index contributed by atoms with van der Waals surface area (Å²) in [4.78, 5) is 0.319. The first-order valence-corrected chi connectivity index (χ1v) is 6.81. The van der Waals surface area contributed by atoms with Gasteiger partial charge in [-0.25, -0.2) is 0 Å². The van der Waals surface area contributed by atoms with E-state index in [9.17, 15) is 0 Å². The van der Waals surface area contributed by atoms with Gasteiger partial charge in [-0.15, -0.1) is 0 Å². The molecule has 1 fully saturated rings. The van der Waals surface area contributed by atoms with Crippen molar-refractivity contribution in [3.63, 3.8) is 0 Å². The highest BCUT2D eigenvalue weighted by molar-refractivity contribution is 7.80. The Labute approximate surface area is 123 Å². The van der Waals surface area contributed by atoms with Crippen LogP contribution >= 0.6 is 23.8 Å². The first-order valence-electron chi connectivity index (χ1n) is 6.02. The van der Waals surface area contributed by atoms with Crippen molar-refractivity contribution in [2.45, 2.75) is 12.0 Å². The van der Waals surface area contributed by atoms with Crippen molar-refractivity contribution in [3.05, 3.63) is 28.8 Å². The van der Waals surface area contributed by atoms with Crippen LogP contribution in [0, 0.1) is 0 Å². The minimum absolute atomic E-state index is 0.285. The van der Waals surface area contributed by atoms with Gasteiger partial charge in [0.15, 0.2) is 0 Å². The molecule has 0 bridgehead atoms. The number of hydrogen-bond acceptors (Lipinski definition) is 4. The molecule has 0 radical (unpaired) electrons. The van der Waals surface area contributed by atoms with Gasteiger partial charge in [0.05, 0.1) is 6.61 Å². The van der Waals surface area contributed by atoms with Crippen LogP contribution in [0.5, 0.6) is 0 Å². The monoisotopic (exact) mass is 300 g/mol. The standard InChI is InChI=1S/C13H17ClN2O2S/c1-17-13(4-5-18-8-13)7-16-11-3-2-9(14)6-10(11)12(15)19/h2-3,6,16H,4-5,7-8H2,1H3,(H2,15,19). The SMILES string of the molecule is COC1(CNc2ccc(Cl)cc2C(N)=S)CCOC1. The lowest BCUT2D eigenvalue weighted by Crippen LogP contribution is -2.39. The van der Waals surface area contributed by atoms with Crippen LogP contribution < -0.4 is 11.1 Å². The van der Waals surface area contributed by atoms with Crippen molar-refractivity contribution in [3.8, 4) is 0 Å². The van der Waals surface area contributed by atoms with E-state index in [-0.39, 0.29) is 5.60 Å². The van der Waals surface area contributed by atoms with Crippen molar-refractivity contribution in [2.24, 2.45) is 5.73 Å². The molecular weight excluding hydrogens is 284 g/mol. The van der Waals surface area contributed by atoms with E-state index in [1.807, 2.05) is 6.07 Å². The molecule has 1 saturated heterocycles. The number of thiocarbonyl (C=S) groups is 1. The van der Waals surface area contributed by atoms with Gasteiger partial charge in [0, 0.05) is 43.0 Å². The van der Waals surface area contributed by atoms with Gasteiger partial charge in [0.2, 0.25) is 0 Å². The van der Waals surface area contributed by atoms with E-state index in [0.29, 0.717) is 23.2 Å². The topological polar surface area (TPSA) is 56.5 Å². The number of anilines is 1. The van der Waals surface area contributed by atoms with Crippen molar-refractivity contribution < 1.29 is 9.47 Å². The predicted octanol–water partition coefficient (Wildman–Crippen LogP) is 2.19. The molecule has 3 N–H and O–H groups in total. The zero-order valence-corrected chi connectivity index (χ0v) is 12.3. The van der Waals surface area contributed by atoms with Crippen LogP contribution in [0.4, 0.5) is 5.69 Å². The van der Waals surface area contributed by atoms with E-state index in [0.717, 1.165) is 24.3 Å². The van der Waals surface area contributed by atoms with E-state index in [1.54, 1.807) is 19.2 Å². The minimum Gasteiger partial charge on any atom is -0.389 e. The number of nitrogens with one attached hydrogen (secondary N) is 1. The van der Waals surface area contributed by atoms with Gasteiger partial charge < -0.3 is 20.5 Å². The largest absolute Gasteiger partial charge is 0.389 e. The molecule has 1 aliphatic rings. The third kappa shape index (κ3) is 3.36. The quantitative estimate of drug-likeness (QED) is 0.817. The fourth-order valence-corrected chi connectivity index (χ4v) is 2.43. The van der Waals surface area contributed by atoms with Gasteiger partial charge in [0.25, 0.3) is 0 Å². The molecule has 6 heteroatoms. The number of benzene rings is 1. The summed E-state index contributed by atoms with van der Waals surface area (Å²) >= 11 is 11.0. The van der Waals surface area contributed by atoms with Gasteiger partial charge in [0.1, 0.15) is 10.6 Å². The highest BCUT2D eigenvalue weighted by atomic mass is 35.5. The lowest BCUT2D eigenvalue weighted by molar-refractivity contribution is -0.00620. The van der Waals surface area contributed by atoms with Gasteiger partial charge in [-0.05, 0) is 18.2 Å². The average Bonchev–Trinajstić information content (AvgIpc) is 2.86. The summed E-state index contributed by atoms with van der Waals surface area (Å²) in [5, 5.41) is 3.93. The van der Waals surface area contributed by atoms with Crippen LogP contribution in [0.3, 0.4) is 0 Å². The van der Waals surface area contributed by atoms with Crippen molar-refractivity contribution in [2.75, 3.05) is 32.2 Å². The van der Waals surface area contributed by atoms with E-state index >= 15 is 0 Å². The lowest BCUT2D eigenvalue weighted by Gasteiger charge is -2.27. The van der Waals surface area contributed by atoms with Crippen molar-refractivity contribution >= 4 is 34.5 Å². The normalized spacial score (nSPS) is 22.4. The Balaban J connectivity index is 2.13. The van der Waals surface area contributed by atoms with Crippen molar-refractivity contribution in [1.82, 2.24) is 0 Å². The highest BCUT2D eigenvalue weighted by Gasteiger charge is 2.34. The highest BCUT2D eigenvalue weighted by Crippen LogP contribution is 2.25. The molecule has 19 heavy (non-hydrogen) atoms. The van der Waals surface area contributed by atoms with Gasteiger partial charge in [-0.3, -0.25) is 0 Å². The molecule has 2 rings (SSSR count). The summed E-state index contributed by atoms with van der Waals surface area (Å²) in [6.07, 6.45) is 0.868. The Kier molecular flexibility index (Phi) is 4.62. The number of rotatable bonds is 5. The third-order valence-electron chi connectivity index (χ3n) is 3.35. The van der Waals surface area contributed by atoms with Crippen LogP contribution in [0.15, 0.2) is 18.2 Å². The number of methoxy groups -OCH3 is 1. The van der Waals surface area contributed by atoms with Crippen LogP contribution in [0.25, 0.3) is 0 Å². The van der Waals surface area contributed by atoms with Crippen LogP contribution in [-0.2, 0) is 9.47 Å². The third-order valence-corrected chi connectivity index (χ3v) is 3.80. The maximum absolute atomic E-state index is 5.96. The summed E-state index contributed by atoms with van der Waals surface area (Å²) in [5.74, 6) is 0. The number of halogens is 1. The van der Waals surface area contributed by atoms with Crippen LogP contribution in [0.2, 0.25) is 5.02 Å². The Morgan fingerprint density at radius 1 is 1.63 bits per heavy atom. The molecule has 0 spiro atoms. The van der Waals surface area contributed by atoms with Crippen molar-refractivity contribution in [1.29, 1.82) is 0 Å². The molecule has 0 amide bonds. The second-order valence-corrected chi connectivity index (χ2v) is 5.47. The summed E-state index contributed by atoms with van der Waals surface area (Å²) in [5.41, 5.74) is 7.03. The predicted molar refractivity (Wildman–Crippen MR) is 81.0 cm³/mol. The molecule has 0 saturated carbocycles. The summed E-state index contributed by atoms with van der Waals surface area (Å²) < 4.78 is 11.0. The average molecular weight is 301 g/mol. The molecule has 1 aromatic carbocycles. The smallest absolute Gasteiger partial charge is 0.110 e. The molecule has 0 aliphatic carbocycles. The fraction of sp³-hybridized carbons (Fsp3) is 0.462. The maximum Gasteiger partial charge on any atom is 0.110 e. The Bertz CT molecular complexity index is 476. The van der Waals surface area contributed by atoms with E-state index in [4.69, 9.17) is 39.0 Å². The summed E-state index contributed by atoms with van der Waals surface area (Å²) in [6, 6.07) is 5.43. The van der Waals surface area contributed by atoms with Gasteiger partial charge in [-0.2, -0.15) is 0 Å². The molecule has 1 unspecified atom stereocenters. The molecule has 1 atom stereocenters. The molecule has 1 heterocycles. The minimum atomic E-state index is -0.285. The van der Waals surface area contributed by atoms with E-state index < -0.39 is 0 Å². The molecule has 0 aromatic heterocycles. The molecular formula is C13H17ClN2O2S. The zero-order chi connectivity index (χ0) is 13.9. The first kappa shape index (κ1) is 14.5. The molecule has 1 aliphatic heterocycles. The number of hydrogen-bond donors (Lipinski definition) is 2. The van der Waals surface area contributed by atoms with Gasteiger partial charge >= 0.3 is 0 Å². The van der Waals surface area contributed by atoms with Crippen LogP contribution in [-0.4, -0.2) is 37.5 Å². The molecule has 104 valence electrons. The lowest BCUT2D eigenvalue weighted by atomic mass is 10.0. The van der Waals surface area contributed by atoms with Crippen LogP contribution in [0.1, 0.15) is 12.0 Å². The van der Waals surface area contributed by atoms with E-state index in [2.05, 4.69) is 5.32 Å². The number of nitrogens with two attached hydrogens (primary N) is 1. The molecule has 4 nitrogen and oxygen atoms in total. The Morgan fingerprint density at radius 2 is 2.42 bits per heavy atom. The number of ether oxygens (including phenoxy) is 2. The zero-order valence-electron chi connectivity index (χ0n) is 10.7.